The molecule has 0 saturated heterocycles. The Balaban J connectivity index is 1.66. The fraction of sp³-hybridized carbons (Fsp3) is 0.182. The molecule has 6 heteroatoms. The lowest BCUT2D eigenvalue weighted by molar-refractivity contribution is 0.419. The maximum absolute atomic E-state index is 13.7. The van der Waals surface area contributed by atoms with Gasteiger partial charge in [-0.3, -0.25) is 4.98 Å². The van der Waals surface area contributed by atoms with Gasteiger partial charge >= 0.3 is 0 Å². The molecule has 0 spiro atoms. The molecule has 2 heterocycles. The second-order valence-electron chi connectivity index (χ2n) is 6.61. The molecule has 0 fully saturated rings. The summed E-state index contributed by atoms with van der Waals surface area (Å²) in [6.45, 7) is 2.58. The number of hydrogen-bond donors (Lipinski definition) is 2. The lowest BCUT2D eigenvalue weighted by Crippen LogP contribution is -2.08. The molecular weight excluding hydrogens is 355 g/mol. The van der Waals surface area contributed by atoms with Gasteiger partial charge in [-0.1, -0.05) is 12.1 Å². The van der Waals surface area contributed by atoms with Crippen molar-refractivity contribution in [2.75, 3.05) is 19.0 Å². The van der Waals surface area contributed by atoms with E-state index in [4.69, 9.17) is 4.74 Å². The third kappa shape index (κ3) is 3.01. The van der Waals surface area contributed by atoms with Gasteiger partial charge in [0.15, 0.2) is 0 Å². The zero-order chi connectivity index (χ0) is 19.7. The molecule has 0 amide bonds. The van der Waals surface area contributed by atoms with E-state index in [9.17, 15) is 9.65 Å². The second-order valence-corrected chi connectivity index (χ2v) is 6.61. The van der Waals surface area contributed by atoms with Gasteiger partial charge in [0.05, 0.1) is 18.4 Å². The molecule has 0 bridgehead atoms. The number of benzene rings is 2. The van der Waals surface area contributed by atoms with Crippen molar-refractivity contribution in [1.29, 1.82) is 5.26 Å². The number of nitrogens with one attached hydrogen (secondary N) is 2. The lowest BCUT2D eigenvalue weighted by Gasteiger charge is -2.13. The summed E-state index contributed by atoms with van der Waals surface area (Å²) >= 11 is 0. The van der Waals surface area contributed by atoms with Crippen LogP contribution in [0.5, 0.6) is 5.75 Å². The minimum absolute atomic E-state index is 0.250. The van der Waals surface area contributed by atoms with Crippen molar-refractivity contribution < 1.29 is 9.13 Å². The first-order valence-corrected chi connectivity index (χ1v) is 8.98. The van der Waals surface area contributed by atoms with Crippen LogP contribution in [-0.4, -0.2) is 23.6 Å². The van der Waals surface area contributed by atoms with E-state index >= 15 is 0 Å². The number of methoxy groups -OCH3 is 1. The van der Waals surface area contributed by atoms with E-state index < -0.39 is 0 Å². The van der Waals surface area contributed by atoms with E-state index in [1.807, 2.05) is 25.1 Å². The summed E-state index contributed by atoms with van der Waals surface area (Å²) in [6, 6.07) is 12.6. The molecule has 5 nitrogen and oxygen atoms in total. The Labute approximate surface area is 161 Å². The number of ether oxygens (including phenoxy) is 1. The summed E-state index contributed by atoms with van der Waals surface area (Å²) in [7, 11) is 1.60. The van der Waals surface area contributed by atoms with Gasteiger partial charge in [-0.2, -0.15) is 5.26 Å². The second kappa shape index (κ2) is 7.20. The lowest BCUT2D eigenvalue weighted by atomic mass is 10.1. The molecule has 2 aromatic heterocycles. The molecule has 0 radical (unpaired) electrons. The summed E-state index contributed by atoms with van der Waals surface area (Å²) in [4.78, 5) is 7.67. The van der Waals surface area contributed by atoms with Crippen LogP contribution in [0.25, 0.3) is 21.8 Å². The number of hydrogen-bond acceptors (Lipinski definition) is 4. The topological polar surface area (TPSA) is 73.7 Å². The van der Waals surface area contributed by atoms with Crippen LogP contribution in [0.15, 0.2) is 42.6 Å². The Hall–Kier alpha value is -3.59. The van der Waals surface area contributed by atoms with Gasteiger partial charge in [0.2, 0.25) is 0 Å². The van der Waals surface area contributed by atoms with Gasteiger partial charge in [-0.05, 0) is 43.2 Å². The van der Waals surface area contributed by atoms with Crippen LogP contribution in [0.3, 0.4) is 0 Å². The molecule has 2 N–H and O–H groups in total. The molecule has 0 aliphatic carbocycles. The quantitative estimate of drug-likeness (QED) is 0.531. The highest BCUT2D eigenvalue weighted by molar-refractivity contribution is 5.97. The Morgan fingerprint density at radius 2 is 2.11 bits per heavy atom. The van der Waals surface area contributed by atoms with Gasteiger partial charge in [0.1, 0.15) is 23.2 Å². The Bertz CT molecular complexity index is 1220. The van der Waals surface area contributed by atoms with E-state index in [1.54, 1.807) is 25.4 Å². The monoisotopic (exact) mass is 374 g/mol. The van der Waals surface area contributed by atoms with Crippen molar-refractivity contribution >= 4 is 27.5 Å². The molecule has 0 aliphatic rings. The molecule has 28 heavy (non-hydrogen) atoms. The van der Waals surface area contributed by atoms with E-state index in [-0.39, 0.29) is 5.82 Å². The third-order valence-electron chi connectivity index (χ3n) is 4.96. The predicted octanol–water partition coefficient (Wildman–Crippen LogP) is 4.70. The van der Waals surface area contributed by atoms with Crippen molar-refractivity contribution in [2.24, 2.45) is 0 Å². The van der Waals surface area contributed by atoms with Crippen LogP contribution in [0.2, 0.25) is 0 Å². The van der Waals surface area contributed by atoms with Gasteiger partial charge < -0.3 is 15.0 Å². The summed E-state index contributed by atoms with van der Waals surface area (Å²) < 4.78 is 19.1. The van der Waals surface area contributed by atoms with Gasteiger partial charge in [-0.25, -0.2) is 4.39 Å². The molecule has 4 aromatic rings. The summed E-state index contributed by atoms with van der Waals surface area (Å²) in [5.41, 5.74) is 4.92. The van der Waals surface area contributed by atoms with Crippen molar-refractivity contribution in [3.8, 4) is 11.8 Å². The fourth-order valence-corrected chi connectivity index (χ4v) is 3.63. The van der Waals surface area contributed by atoms with Crippen molar-refractivity contribution in [2.45, 2.75) is 13.3 Å². The zero-order valence-electron chi connectivity index (χ0n) is 15.6. The third-order valence-corrected chi connectivity index (χ3v) is 4.96. The van der Waals surface area contributed by atoms with E-state index in [2.05, 4.69) is 21.4 Å². The number of halogens is 1. The van der Waals surface area contributed by atoms with Gasteiger partial charge in [-0.15, -0.1) is 0 Å². The number of fused-ring (bicyclic) bond motifs is 2. The SMILES string of the molecule is COc1cccc2c(NCCc3c(C)[nH]c4ccc(F)cc34)c(C#N)cnc12. The van der Waals surface area contributed by atoms with E-state index in [1.165, 1.54) is 6.07 Å². The average Bonchev–Trinajstić information content (AvgIpc) is 3.02. The molecule has 4 rings (SSSR count). The maximum Gasteiger partial charge on any atom is 0.145 e. The smallest absolute Gasteiger partial charge is 0.145 e. The van der Waals surface area contributed by atoms with Crippen LogP contribution >= 0.6 is 0 Å². The number of aromatic nitrogens is 2. The fourth-order valence-electron chi connectivity index (χ4n) is 3.63. The Kier molecular flexibility index (Phi) is 4.58. The van der Waals surface area contributed by atoms with Crippen molar-refractivity contribution in [1.82, 2.24) is 9.97 Å². The number of rotatable bonds is 5. The number of pyridine rings is 1. The van der Waals surface area contributed by atoms with Gasteiger partial charge in [0.25, 0.3) is 0 Å². The highest BCUT2D eigenvalue weighted by Gasteiger charge is 2.13. The van der Waals surface area contributed by atoms with Crippen LogP contribution in [0, 0.1) is 24.1 Å². The Morgan fingerprint density at radius 3 is 2.89 bits per heavy atom. The number of nitrogens with zero attached hydrogens (tertiary/aromatic N) is 2. The number of aromatic amines is 1. The number of aryl methyl sites for hydroxylation is 1. The maximum atomic E-state index is 13.7. The highest BCUT2D eigenvalue weighted by atomic mass is 19.1. The number of H-pyrrole nitrogens is 1. The standard InChI is InChI=1S/C22H19FN4O/c1-13-16(18-10-15(23)6-7-19(18)27-13)8-9-25-21-14(11-24)12-26-22-17(21)4-3-5-20(22)28-2/h3-7,10,12,27H,8-9H2,1-2H3,(H,25,26). The molecule has 0 atom stereocenters. The zero-order valence-corrected chi connectivity index (χ0v) is 15.6. The van der Waals surface area contributed by atoms with E-state index in [0.29, 0.717) is 29.8 Å². The van der Waals surface area contributed by atoms with E-state index in [0.717, 1.165) is 33.2 Å². The molecule has 0 aliphatic heterocycles. The number of nitriles is 1. The molecule has 0 saturated carbocycles. The average molecular weight is 374 g/mol. The molecule has 2 aromatic carbocycles. The first kappa shape index (κ1) is 17.8. The summed E-state index contributed by atoms with van der Waals surface area (Å²) in [6.07, 6.45) is 2.24. The minimum atomic E-state index is -0.250. The normalized spacial score (nSPS) is 10.9. The number of anilines is 1. The minimum Gasteiger partial charge on any atom is -0.494 e. The summed E-state index contributed by atoms with van der Waals surface area (Å²) in [5.74, 6) is 0.410. The number of para-hydroxylation sites is 1. The summed E-state index contributed by atoms with van der Waals surface area (Å²) in [5, 5.41) is 14.6. The van der Waals surface area contributed by atoms with Crippen molar-refractivity contribution in [3.63, 3.8) is 0 Å². The molecule has 140 valence electrons. The van der Waals surface area contributed by atoms with Crippen LogP contribution in [0.4, 0.5) is 10.1 Å². The molecule has 0 unspecified atom stereocenters. The van der Waals surface area contributed by atoms with Gasteiger partial charge in [0, 0.05) is 34.7 Å². The first-order valence-electron chi connectivity index (χ1n) is 8.98. The largest absolute Gasteiger partial charge is 0.494 e. The van der Waals surface area contributed by atoms with Crippen LogP contribution in [0.1, 0.15) is 16.8 Å². The molecular formula is C22H19FN4O. The highest BCUT2D eigenvalue weighted by Crippen LogP contribution is 2.31. The van der Waals surface area contributed by atoms with Crippen molar-refractivity contribution in [3.05, 3.63) is 65.2 Å². The Morgan fingerprint density at radius 1 is 1.25 bits per heavy atom. The predicted molar refractivity (Wildman–Crippen MR) is 108 cm³/mol. The first-order chi connectivity index (χ1) is 13.6. The van der Waals surface area contributed by atoms with Crippen LogP contribution < -0.4 is 10.1 Å². The van der Waals surface area contributed by atoms with Crippen LogP contribution in [-0.2, 0) is 6.42 Å².